The molecule has 0 aromatic carbocycles. The lowest BCUT2D eigenvalue weighted by atomic mass is 9.99. The predicted octanol–water partition coefficient (Wildman–Crippen LogP) is 1.01. The van der Waals surface area contributed by atoms with E-state index in [0.29, 0.717) is 18.4 Å². The molecule has 2 aliphatic rings. The molecule has 4 heteroatoms. The predicted molar refractivity (Wildman–Crippen MR) is 60.8 cm³/mol. The second kappa shape index (κ2) is 4.85. The number of piperidine rings is 2. The Hall–Kier alpha value is -1.06. The highest BCUT2D eigenvalue weighted by molar-refractivity contribution is 5.77. The Balaban J connectivity index is 1.88. The molecule has 2 amide bonds. The van der Waals surface area contributed by atoms with Gasteiger partial charge in [0.25, 0.3) is 0 Å². The zero-order chi connectivity index (χ0) is 11.5. The van der Waals surface area contributed by atoms with Gasteiger partial charge >= 0.3 is 0 Å². The quantitative estimate of drug-likeness (QED) is 0.667. The summed E-state index contributed by atoms with van der Waals surface area (Å²) in [7, 11) is 0. The van der Waals surface area contributed by atoms with Gasteiger partial charge in [0.2, 0.25) is 11.8 Å². The van der Waals surface area contributed by atoms with Crippen LogP contribution in [0.15, 0.2) is 0 Å². The molecule has 0 N–H and O–H groups in total. The number of amides is 2. The lowest BCUT2D eigenvalue weighted by Gasteiger charge is -2.40. The van der Waals surface area contributed by atoms with Crippen molar-refractivity contribution >= 4 is 11.8 Å². The first-order valence-electron chi connectivity index (χ1n) is 6.23. The lowest BCUT2D eigenvalue weighted by Crippen LogP contribution is -2.49. The normalized spacial score (nSPS) is 23.7. The van der Waals surface area contributed by atoms with Gasteiger partial charge in [0.15, 0.2) is 0 Å². The van der Waals surface area contributed by atoms with Crippen LogP contribution in [0.2, 0.25) is 0 Å². The molecule has 16 heavy (non-hydrogen) atoms. The number of likely N-dealkylation sites (tertiary alicyclic amines) is 2. The van der Waals surface area contributed by atoms with E-state index in [4.69, 9.17) is 0 Å². The maximum atomic E-state index is 11.8. The number of carbonyl (C=O) groups excluding carboxylic acids is 2. The van der Waals surface area contributed by atoms with E-state index in [1.807, 2.05) is 9.80 Å². The molecule has 0 radical (unpaired) electrons. The third-order valence-electron chi connectivity index (χ3n) is 3.71. The number of carbonyl (C=O) groups is 2. The molecule has 0 spiro atoms. The second-order valence-corrected chi connectivity index (χ2v) is 4.78. The van der Waals surface area contributed by atoms with Gasteiger partial charge in [-0.15, -0.1) is 0 Å². The van der Waals surface area contributed by atoms with Crippen molar-refractivity contribution in [2.24, 2.45) is 0 Å². The summed E-state index contributed by atoms with van der Waals surface area (Å²) >= 11 is 0. The molecule has 2 aliphatic heterocycles. The summed E-state index contributed by atoms with van der Waals surface area (Å²) in [5.74, 6) is 0.468. The van der Waals surface area contributed by atoms with E-state index >= 15 is 0 Å². The Kier molecular flexibility index (Phi) is 3.46. The van der Waals surface area contributed by atoms with Crippen LogP contribution in [0.1, 0.15) is 39.0 Å². The summed E-state index contributed by atoms with van der Waals surface area (Å²) < 4.78 is 0. The lowest BCUT2D eigenvalue weighted by molar-refractivity contribution is -0.138. The van der Waals surface area contributed by atoms with E-state index in [9.17, 15) is 9.59 Å². The van der Waals surface area contributed by atoms with Crippen LogP contribution in [0.5, 0.6) is 0 Å². The van der Waals surface area contributed by atoms with Gasteiger partial charge in [-0.2, -0.15) is 0 Å². The molecule has 2 fully saturated rings. The van der Waals surface area contributed by atoms with Crippen LogP contribution >= 0.6 is 0 Å². The molecule has 0 aromatic rings. The average molecular weight is 224 g/mol. The first-order valence-corrected chi connectivity index (χ1v) is 6.23. The minimum atomic E-state index is 0.156. The van der Waals surface area contributed by atoms with E-state index in [1.165, 1.54) is 0 Å². The fourth-order valence-corrected chi connectivity index (χ4v) is 2.71. The van der Waals surface area contributed by atoms with Crippen molar-refractivity contribution in [1.82, 2.24) is 9.80 Å². The van der Waals surface area contributed by atoms with Gasteiger partial charge in [-0.25, -0.2) is 0 Å². The number of hydrogen-bond donors (Lipinski definition) is 0. The van der Waals surface area contributed by atoms with Gasteiger partial charge in [0.1, 0.15) is 0 Å². The van der Waals surface area contributed by atoms with Gasteiger partial charge < -0.3 is 9.80 Å². The second-order valence-electron chi connectivity index (χ2n) is 4.78. The fraction of sp³-hybridized carbons (Fsp3) is 0.833. The Morgan fingerprint density at radius 3 is 2.44 bits per heavy atom. The van der Waals surface area contributed by atoms with Crippen LogP contribution < -0.4 is 0 Å². The number of hydrogen-bond acceptors (Lipinski definition) is 2. The summed E-state index contributed by atoms with van der Waals surface area (Å²) in [4.78, 5) is 26.9. The Labute approximate surface area is 96.6 Å². The van der Waals surface area contributed by atoms with Crippen LogP contribution in [-0.4, -0.2) is 47.3 Å². The Morgan fingerprint density at radius 1 is 1.19 bits per heavy atom. The molecule has 2 saturated heterocycles. The highest BCUT2D eigenvalue weighted by atomic mass is 16.2. The molecular formula is C12H20N2O2. The first-order chi connectivity index (χ1) is 7.68. The van der Waals surface area contributed by atoms with Gasteiger partial charge in [0, 0.05) is 39.0 Å². The van der Waals surface area contributed by atoms with Gasteiger partial charge in [-0.05, 0) is 25.7 Å². The highest BCUT2D eigenvalue weighted by Crippen LogP contribution is 2.21. The summed E-state index contributed by atoms with van der Waals surface area (Å²) in [6, 6.07) is 0.378. The van der Waals surface area contributed by atoms with Crippen LogP contribution in [0.25, 0.3) is 0 Å². The zero-order valence-electron chi connectivity index (χ0n) is 9.95. The van der Waals surface area contributed by atoms with Crippen molar-refractivity contribution < 1.29 is 9.59 Å². The molecule has 0 unspecified atom stereocenters. The van der Waals surface area contributed by atoms with Crippen molar-refractivity contribution in [3.8, 4) is 0 Å². The maximum Gasteiger partial charge on any atom is 0.222 e. The molecule has 0 aliphatic carbocycles. The fourth-order valence-electron chi connectivity index (χ4n) is 2.71. The Morgan fingerprint density at radius 2 is 1.88 bits per heavy atom. The molecule has 4 nitrogen and oxygen atoms in total. The van der Waals surface area contributed by atoms with E-state index in [1.54, 1.807) is 6.92 Å². The molecule has 0 bridgehead atoms. The number of rotatable bonds is 1. The monoisotopic (exact) mass is 224 g/mol. The highest BCUT2D eigenvalue weighted by Gasteiger charge is 2.29. The van der Waals surface area contributed by atoms with Crippen molar-refractivity contribution in [2.45, 2.75) is 45.1 Å². The largest absolute Gasteiger partial charge is 0.343 e. The van der Waals surface area contributed by atoms with Crippen molar-refractivity contribution in [3.05, 3.63) is 0 Å². The molecule has 0 aromatic heterocycles. The van der Waals surface area contributed by atoms with E-state index < -0.39 is 0 Å². The third kappa shape index (κ3) is 2.36. The van der Waals surface area contributed by atoms with Crippen LogP contribution in [0.3, 0.4) is 0 Å². The molecule has 2 rings (SSSR count). The van der Waals surface area contributed by atoms with Crippen LogP contribution in [0.4, 0.5) is 0 Å². The minimum absolute atomic E-state index is 0.156. The summed E-state index contributed by atoms with van der Waals surface area (Å²) in [5, 5.41) is 0. The molecule has 0 saturated carbocycles. The van der Waals surface area contributed by atoms with E-state index in [0.717, 1.165) is 45.3 Å². The zero-order valence-corrected chi connectivity index (χ0v) is 9.95. The van der Waals surface area contributed by atoms with E-state index in [2.05, 4.69) is 0 Å². The standard InChI is InChI=1S/C12H20N2O2/c1-10(15)13-8-5-11(6-9-13)14-7-3-2-4-12(14)16/h11H,2-9H2,1H3. The topological polar surface area (TPSA) is 40.6 Å². The summed E-state index contributed by atoms with van der Waals surface area (Å²) in [6.45, 7) is 4.16. The number of nitrogens with zero attached hydrogens (tertiary/aromatic N) is 2. The molecule has 2 heterocycles. The Bertz CT molecular complexity index is 283. The molecule has 0 atom stereocenters. The average Bonchev–Trinajstić information content (AvgIpc) is 2.30. The van der Waals surface area contributed by atoms with Crippen molar-refractivity contribution in [1.29, 1.82) is 0 Å². The summed E-state index contributed by atoms with van der Waals surface area (Å²) in [6.07, 6.45) is 4.80. The smallest absolute Gasteiger partial charge is 0.222 e. The first kappa shape index (κ1) is 11.4. The minimum Gasteiger partial charge on any atom is -0.343 e. The van der Waals surface area contributed by atoms with Crippen LogP contribution in [-0.2, 0) is 9.59 Å². The SMILES string of the molecule is CC(=O)N1CCC(N2CCCCC2=O)CC1. The van der Waals surface area contributed by atoms with Gasteiger partial charge in [-0.3, -0.25) is 9.59 Å². The van der Waals surface area contributed by atoms with Gasteiger partial charge in [-0.1, -0.05) is 0 Å². The van der Waals surface area contributed by atoms with Crippen molar-refractivity contribution in [2.75, 3.05) is 19.6 Å². The molecule has 90 valence electrons. The van der Waals surface area contributed by atoms with E-state index in [-0.39, 0.29) is 5.91 Å². The summed E-state index contributed by atoms with van der Waals surface area (Å²) in [5.41, 5.74) is 0. The van der Waals surface area contributed by atoms with Crippen LogP contribution in [0, 0.1) is 0 Å². The molecular weight excluding hydrogens is 204 g/mol. The van der Waals surface area contributed by atoms with Crippen molar-refractivity contribution in [3.63, 3.8) is 0 Å². The third-order valence-corrected chi connectivity index (χ3v) is 3.71. The van der Waals surface area contributed by atoms with Gasteiger partial charge in [0.05, 0.1) is 0 Å². The maximum absolute atomic E-state index is 11.8.